The van der Waals surface area contributed by atoms with Crippen LogP contribution >= 0.6 is 11.8 Å². The van der Waals surface area contributed by atoms with Crippen molar-refractivity contribution in [3.05, 3.63) is 50.7 Å². The number of carbonyl (C=O) groups excluding carboxylic acids is 1. The van der Waals surface area contributed by atoms with E-state index in [0.717, 1.165) is 36.1 Å². The third-order valence-electron chi connectivity index (χ3n) is 6.05. The number of carbonyl (C=O) groups is 1. The number of nitrogens with one attached hydrogen (secondary N) is 1. The molecule has 2 aromatic rings. The molecule has 1 aromatic heterocycles. The van der Waals surface area contributed by atoms with Gasteiger partial charge in [0.1, 0.15) is 4.75 Å². The summed E-state index contributed by atoms with van der Waals surface area (Å²) in [5, 5.41) is 7.23. The van der Waals surface area contributed by atoms with Crippen molar-refractivity contribution >= 4 is 23.5 Å². The van der Waals surface area contributed by atoms with E-state index in [-0.39, 0.29) is 24.5 Å². The fourth-order valence-electron chi connectivity index (χ4n) is 3.66. The first-order chi connectivity index (χ1) is 16.8. The number of anilines is 1. The third kappa shape index (κ3) is 8.26. The number of ether oxygens (including phenoxy) is 1. The highest BCUT2D eigenvalue weighted by Crippen LogP contribution is 2.36. The molecular formula is C26H42N4O4S. The van der Waals surface area contributed by atoms with Crippen molar-refractivity contribution in [2.45, 2.75) is 88.8 Å². The summed E-state index contributed by atoms with van der Waals surface area (Å²) in [5.41, 5.74) is 0.344. The number of benzene rings is 1. The van der Waals surface area contributed by atoms with Gasteiger partial charge in [0.2, 0.25) is 5.82 Å². The maximum atomic E-state index is 12.8. The minimum atomic E-state index is -0.621. The zero-order chi connectivity index (χ0) is 25.8. The summed E-state index contributed by atoms with van der Waals surface area (Å²) in [6.45, 7) is 9.16. The van der Waals surface area contributed by atoms with Crippen molar-refractivity contribution < 1.29 is 11.0 Å². The SMILES string of the molecule is CCCCCCCn1c(=O)c(NCCc2ccc(SC(C)(CC)C(=O)OCC)cc2)nn(C)c1=O.[HH]. The standard InChI is InChI=1S/C26H40N4O4S.H2/c1-6-9-10-11-12-19-30-23(31)22(28-29(5)25(30)33)27-18-17-20-13-15-21(16-14-20)35-26(4,7-2)24(32)34-8-3;/h13-16H,6-12,17-19H2,1-5H3,(H,27,28);1H. The fourth-order valence-corrected chi connectivity index (χ4v) is 4.74. The van der Waals surface area contributed by atoms with E-state index in [1.807, 2.05) is 45.0 Å². The predicted octanol–water partition coefficient (Wildman–Crippen LogP) is 4.64. The summed E-state index contributed by atoms with van der Waals surface area (Å²) >= 11 is 1.51. The second-order valence-corrected chi connectivity index (χ2v) is 10.4. The van der Waals surface area contributed by atoms with Crippen molar-refractivity contribution in [3.63, 3.8) is 0 Å². The van der Waals surface area contributed by atoms with Crippen molar-refractivity contribution in [2.75, 3.05) is 18.5 Å². The van der Waals surface area contributed by atoms with Crippen LogP contribution in [-0.2, 0) is 29.5 Å². The van der Waals surface area contributed by atoms with Crippen LogP contribution in [0.1, 0.15) is 73.2 Å². The van der Waals surface area contributed by atoms with Gasteiger partial charge >= 0.3 is 11.7 Å². The molecule has 1 N–H and O–H groups in total. The summed E-state index contributed by atoms with van der Waals surface area (Å²) in [6, 6.07) is 8.05. The molecule has 0 spiro atoms. The molecule has 1 unspecified atom stereocenters. The van der Waals surface area contributed by atoms with E-state index in [2.05, 4.69) is 17.3 Å². The normalized spacial score (nSPS) is 12.8. The van der Waals surface area contributed by atoms with E-state index in [0.29, 0.717) is 32.5 Å². The van der Waals surface area contributed by atoms with Gasteiger partial charge in [0.25, 0.3) is 5.56 Å². The van der Waals surface area contributed by atoms with Crippen molar-refractivity contribution in [1.29, 1.82) is 0 Å². The maximum absolute atomic E-state index is 12.8. The Hall–Kier alpha value is -2.55. The van der Waals surface area contributed by atoms with Crippen LogP contribution in [0, 0.1) is 0 Å². The highest BCUT2D eigenvalue weighted by atomic mass is 32.2. The number of aromatic nitrogens is 3. The first-order valence-corrected chi connectivity index (χ1v) is 13.4. The lowest BCUT2D eigenvalue weighted by atomic mass is 10.1. The molecule has 1 heterocycles. The largest absolute Gasteiger partial charge is 0.465 e. The minimum Gasteiger partial charge on any atom is -0.465 e. The molecule has 0 bridgehead atoms. The Kier molecular flexibility index (Phi) is 11.6. The molecule has 0 aliphatic carbocycles. The van der Waals surface area contributed by atoms with Gasteiger partial charge in [-0.25, -0.2) is 9.48 Å². The van der Waals surface area contributed by atoms with E-state index in [1.54, 1.807) is 7.05 Å². The Labute approximate surface area is 213 Å². The monoisotopic (exact) mass is 506 g/mol. The van der Waals surface area contributed by atoms with Crippen LogP contribution < -0.4 is 16.6 Å². The number of nitrogens with zero attached hydrogens (tertiary/aromatic N) is 3. The van der Waals surface area contributed by atoms with Crippen LogP contribution in [0.2, 0.25) is 0 Å². The van der Waals surface area contributed by atoms with Crippen LogP contribution in [0.3, 0.4) is 0 Å². The Balaban J connectivity index is 0.00000648. The molecule has 1 aromatic carbocycles. The Morgan fingerprint density at radius 1 is 1.11 bits per heavy atom. The third-order valence-corrected chi connectivity index (χ3v) is 7.46. The molecule has 0 amide bonds. The summed E-state index contributed by atoms with van der Waals surface area (Å²) in [6.07, 6.45) is 6.59. The van der Waals surface area contributed by atoms with Crippen LogP contribution in [0.15, 0.2) is 38.8 Å². The average molecular weight is 507 g/mol. The summed E-state index contributed by atoms with van der Waals surface area (Å²) in [7, 11) is 1.57. The van der Waals surface area contributed by atoms with E-state index in [4.69, 9.17) is 4.74 Å². The van der Waals surface area contributed by atoms with Crippen LogP contribution in [-0.4, -0.2) is 38.2 Å². The molecule has 0 aliphatic heterocycles. The first kappa shape index (κ1) is 28.7. The number of hydrogen-bond acceptors (Lipinski definition) is 7. The Morgan fingerprint density at radius 2 is 1.80 bits per heavy atom. The number of aryl methyl sites for hydroxylation is 1. The lowest BCUT2D eigenvalue weighted by Gasteiger charge is -2.25. The van der Waals surface area contributed by atoms with E-state index in [1.165, 1.54) is 27.4 Å². The fraction of sp³-hybridized carbons (Fsp3) is 0.615. The van der Waals surface area contributed by atoms with Gasteiger partial charge in [-0.15, -0.1) is 16.9 Å². The number of thioether (sulfide) groups is 1. The lowest BCUT2D eigenvalue weighted by Crippen LogP contribution is -2.42. The second kappa shape index (κ2) is 14.1. The van der Waals surface area contributed by atoms with Gasteiger partial charge in [-0.2, -0.15) is 0 Å². The van der Waals surface area contributed by atoms with Gasteiger partial charge in [0.15, 0.2) is 0 Å². The summed E-state index contributed by atoms with van der Waals surface area (Å²) in [5.74, 6) is -0.00173. The van der Waals surface area contributed by atoms with Crippen molar-refractivity contribution in [1.82, 2.24) is 14.3 Å². The average Bonchev–Trinajstić information content (AvgIpc) is 2.85. The van der Waals surface area contributed by atoms with E-state index in [9.17, 15) is 14.4 Å². The number of hydrogen-bond donors (Lipinski definition) is 1. The topological polar surface area (TPSA) is 95.2 Å². The van der Waals surface area contributed by atoms with Crippen LogP contribution in [0.4, 0.5) is 5.82 Å². The van der Waals surface area contributed by atoms with Crippen LogP contribution in [0.25, 0.3) is 0 Å². The molecule has 0 saturated carbocycles. The second-order valence-electron chi connectivity index (χ2n) is 8.85. The van der Waals surface area contributed by atoms with Gasteiger partial charge in [-0.3, -0.25) is 14.2 Å². The Morgan fingerprint density at radius 3 is 2.43 bits per heavy atom. The van der Waals surface area contributed by atoms with Crippen LogP contribution in [0.5, 0.6) is 0 Å². The van der Waals surface area contributed by atoms with E-state index < -0.39 is 4.75 Å². The van der Waals surface area contributed by atoms with Gasteiger partial charge in [-0.1, -0.05) is 51.7 Å². The van der Waals surface area contributed by atoms with Gasteiger partial charge in [0.05, 0.1) is 6.61 Å². The van der Waals surface area contributed by atoms with Gasteiger partial charge in [-0.05, 0) is 50.8 Å². The van der Waals surface area contributed by atoms with Gasteiger partial charge in [0, 0.05) is 26.5 Å². The molecular weight excluding hydrogens is 464 g/mol. The number of rotatable bonds is 15. The molecule has 1 atom stereocenters. The smallest absolute Gasteiger partial charge is 0.347 e. The zero-order valence-corrected chi connectivity index (χ0v) is 22.6. The molecule has 8 nitrogen and oxygen atoms in total. The molecule has 0 fully saturated rings. The van der Waals surface area contributed by atoms with E-state index >= 15 is 0 Å². The van der Waals surface area contributed by atoms with Gasteiger partial charge < -0.3 is 10.1 Å². The summed E-state index contributed by atoms with van der Waals surface area (Å²) in [4.78, 5) is 38.5. The predicted molar refractivity (Wildman–Crippen MR) is 144 cm³/mol. The highest BCUT2D eigenvalue weighted by molar-refractivity contribution is 8.01. The molecule has 196 valence electrons. The molecule has 2 rings (SSSR count). The Bertz CT molecular complexity index is 1070. The minimum absolute atomic E-state index is 0. The number of esters is 1. The molecule has 0 radical (unpaired) electrons. The molecule has 35 heavy (non-hydrogen) atoms. The lowest BCUT2D eigenvalue weighted by molar-refractivity contribution is -0.145. The van der Waals surface area contributed by atoms with Crippen molar-refractivity contribution in [2.24, 2.45) is 7.05 Å². The quantitative estimate of drug-likeness (QED) is 0.214. The summed E-state index contributed by atoms with van der Waals surface area (Å²) < 4.78 is 7.11. The maximum Gasteiger partial charge on any atom is 0.347 e. The first-order valence-electron chi connectivity index (χ1n) is 12.6. The highest BCUT2D eigenvalue weighted by Gasteiger charge is 2.34. The molecule has 0 aliphatic rings. The zero-order valence-electron chi connectivity index (χ0n) is 21.8. The molecule has 9 heteroatoms. The molecule has 0 saturated heterocycles. The number of unbranched alkanes of at least 4 members (excludes halogenated alkanes) is 4. The van der Waals surface area contributed by atoms with Crippen molar-refractivity contribution in [3.8, 4) is 0 Å².